The minimum absolute atomic E-state index is 0.170. The van der Waals surface area contributed by atoms with Crippen LogP contribution in [0.3, 0.4) is 0 Å². The monoisotopic (exact) mass is 360 g/mol. The van der Waals surface area contributed by atoms with Gasteiger partial charge < -0.3 is 9.40 Å². The van der Waals surface area contributed by atoms with E-state index in [4.69, 9.17) is 4.42 Å². The molecule has 2 aromatic heterocycles. The molecular formula is C19H22F2N4O. The molecule has 0 fully saturated rings. The second-order valence-electron chi connectivity index (χ2n) is 7.18. The number of rotatable bonds is 7. The van der Waals surface area contributed by atoms with Crippen LogP contribution in [0.5, 0.6) is 0 Å². The summed E-state index contributed by atoms with van der Waals surface area (Å²) in [4.78, 5) is 7.73. The highest BCUT2D eigenvalue weighted by Crippen LogP contribution is 2.25. The van der Waals surface area contributed by atoms with Gasteiger partial charge in [0.1, 0.15) is 5.82 Å². The second-order valence-corrected chi connectivity index (χ2v) is 7.18. The van der Waals surface area contributed by atoms with Crippen molar-refractivity contribution < 1.29 is 13.2 Å². The number of aromatic nitrogens is 4. The van der Waals surface area contributed by atoms with Crippen LogP contribution in [0.4, 0.5) is 8.78 Å². The normalized spacial score (nSPS) is 11.9. The highest BCUT2D eigenvalue weighted by atomic mass is 19.2. The number of nitrogens with one attached hydrogen (secondary N) is 1. The van der Waals surface area contributed by atoms with Crippen molar-refractivity contribution in [2.45, 2.75) is 46.5 Å². The molecule has 0 aliphatic carbocycles. The van der Waals surface area contributed by atoms with Crippen molar-refractivity contribution in [2.24, 2.45) is 5.41 Å². The summed E-state index contributed by atoms with van der Waals surface area (Å²) in [6, 6.07) is 3.49. The van der Waals surface area contributed by atoms with E-state index in [-0.39, 0.29) is 11.3 Å². The van der Waals surface area contributed by atoms with Crippen LogP contribution < -0.4 is 0 Å². The van der Waals surface area contributed by atoms with E-state index >= 15 is 0 Å². The minimum atomic E-state index is -0.944. The molecule has 138 valence electrons. The van der Waals surface area contributed by atoms with E-state index in [0.717, 1.165) is 36.5 Å². The molecule has 3 aromatic rings. The van der Waals surface area contributed by atoms with Crippen molar-refractivity contribution in [3.05, 3.63) is 53.4 Å². The number of H-pyrrole nitrogens is 1. The van der Waals surface area contributed by atoms with E-state index in [9.17, 15) is 8.78 Å². The lowest BCUT2D eigenvalue weighted by atomic mass is 9.85. The van der Waals surface area contributed by atoms with E-state index in [1.165, 1.54) is 6.07 Å². The smallest absolute Gasteiger partial charge is 0.247 e. The molecule has 0 amide bonds. The summed E-state index contributed by atoms with van der Waals surface area (Å²) in [6.45, 7) is 6.63. The van der Waals surface area contributed by atoms with Crippen LogP contribution >= 0.6 is 0 Å². The maximum absolute atomic E-state index is 13.3. The molecule has 0 spiro atoms. The standard InChI is InChI=1S/C19H22F2N4O/c1-4-19(2,3)10-13-11-22-16(23-13)7-8-17-24-25-18(26-17)12-5-6-14(20)15(21)9-12/h5-6,9,11H,4,7-8,10H2,1-3H3,(H,22,23). The molecule has 0 aliphatic rings. The fraction of sp³-hybridized carbons (Fsp3) is 0.421. The van der Waals surface area contributed by atoms with Crippen LogP contribution in [0.1, 0.15) is 44.6 Å². The maximum atomic E-state index is 13.3. The highest BCUT2D eigenvalue weighted by Gasteiger charge is 2.17. The third-order valence-corrected chi connectivity index (χ3v) is 4.52. The van der Waals surface area contributed by atoms with E-state index in [1.807, 2.05) is 6.20 Å². The van der Waals surface area contributed by atoms with Gasteiger partial charge >= 0.3 is 0 Å². The third-order valence-electron chi connectivity index (χ3n) is 4.52. The van der Waals surface area contributed by atoms with E-state index in [0.29, 0.717) is 24.3 Å². The van der Waals surface area contributed by atoms with Gasteiger partial charge in [0, 0.05) is 30.3 Å². The third kappa shape index (κ3) is 4.33. The summed E-state index contributed by atoms with van der Waals surface area (Å²) >= 11 is 0. The molecule has 2 heterocycles. The summed E-state index contributed by atoms with van der Waals surface area (Å²) in [5.74, 6) is -0.395. The molecule has 0 saturated carbocycles. The SMILES string of the molecule is CCC(C)(C)Cc1cnc(CCc2nnc(-c3ccc(F)c(F)c3)o2)[nH]1. The van der Waals surface area contributed by atoms with E-state index < -0.39 is 11.6 Å². The van der Waals surface area contributed by atoms with Crippen LogP contribution in [0, 0.1) is 17.0 Å². The van der Waals surface area contributed by atoms with Crippen LogP contribution in [0.25, 0.3) is 11.5 Å². The van der Waals surface area contributed by atoms with Crippen molar-refractivity contribution in [1.82, 2.24) is 20.2 Å². The summed E-state index contributed by atoms with van der Waals surface area (Å²) in [6.07, 6.45) is 5.05. The topological polar surface area (TPSA) is 67.6 Å². The molecule has 1 N–H and O–H groups in total. The van der Waals surface area contributed by atoms with Crippen molar-refractivity contribution in [3.63, 3.8) is 0 Å². The number of hydrogen-bond acceptors (Lipinski definition) is 4. The Kier molecular flexibility index (Phi) is 5.15. The Morgan fingerprint density at radius 1 is 1.12 bits per heavy atom. The van der Waals surface area contributed by atoms with Gasteiger partial charge in [0.15, 0.2) is 11.6 Å². The predicted molar refractivity (Wildman–Crippen MR) is 93.4 cm³/mol. The lowest BCUT2D eigenvalue weighted by Gasteiger charge is -2.21. The first-order chi connectivity index (χ1) is 12.4. The molecule has 3 rings (SSSR count). The average Bonchev–Trinajstić information content (AvgIpc) is 3.24. The van der Waals surface area contributed by atoms with Gasteiger partial charge in [0.05, 0.1) is 0 Å². The lowest BCUT2D eigenvalue weighted by molar-refractivity contribution is 0.346. The van der Waals surface area contributed by atoms with Gasteiger partial charge in [0.25, 0.3) is 0 Å². The Balaban J connectivity index is 1.62. The summed E-state index contributed by atoms with van der Waals surface area (Å²) in [5.41, 5.74) is 1.69. The molecule has 0 bridgehead atoms. The molecule has 26 heavy (non-hydrogen) atoms. The molecule has 0 saturated heterocycles. The molecule has 1 aromatic carbocycles. The number of hydrogen-bond donors (Lipinski definition) is 1. The first-order valence-corrected chi connectivity index (χ1v) is 8.67. The molecule has 0 aliphatic heterocycles. The second kappa shape index (κ2) is 7.35. The van der Waals surface area contributed by atoms with Gasteiger partial charge in [-0.05, 0) is 30.0 Å². The number of halogens is 2. The molecule has 7 heteroatoms. The highest BCUT2D eigenvalue weighted by molar-refractivity contribution is 5.52. The largest absolute Gasteiger partial charge is 0.421 e. The van der Waals surface area contributed by atoms with Crippen LogP contribution in [-0.4, -0.2) is 20.2 Å². The quantitative estimate of drug-likeness (QED) is 0.673. The Morgan fingerprint density at radius 2 is 1.92 bits per heavy atom. The van der Waals surface area contributed by atoms with Gasteiger partial charge in [-0.1, -0.05) is 27.2 Å². The van der Waals surface area contributed by atoms with Crippen molar-refractivity contribution in [3.8, 4) is 11.5 Å². The van der Waals surface area contributed by atoms with E-state index in [1.54, 1.807) is 0 Å². The maximum Gasteiger partial charge on any atom is 0.247 e. The van der Waals surface area contributed by atoms with Gasteiger partial charge in [0.2, 0.25) is 11.8 Å². The first kappa shape index (κ1) is 18.2. The van der Waals surface area contributed by atoms with Gasteiger partial charge in [-0.15, -0.1) is 10.2 Å². The number of benzene rings is 1. The number of nitrogens with zero attached hydrogens (tertiary/aromatic N) is 3. The zero-order valence-corrected chi connectivity index (χ0v) is 15.1. The number of aryl methyl sites for hydroxylation is 2. The fourth-order valence-electron chi connectivity index (χ4n) is 2.59. The van der Waals surface area contributed by atoms with Gasteiger partial charge in [-0.25, -0.2) is 13.8 Å². The Hall–Kier alpha value is -2.57. The molecule has 0 atom stereocenters. The zero-order valence-electron chi connectivity index (χ0n) is 15.1. The van der Waals surface area contributed by atoms with Crippen LogP contribution in [-0.2, 0) is 19.3 Å². The summed E-state index contributed by atoms with van der Waals surface area (Å²) in [7, 11) is 0. The van der Waals surface area contributed by atoms with Crippen molar-refractivity contribution in [2.75, 3.05) is 0 Å². The van der Waals surface area contributed by atoms with Crippen molar-refractivity contribution >= 4 is 0 Å². The summed E-state index contributed by atoms with van der Waals surface area (Å²) in [5, 5.41) is 7.86. The lowest BCUT2D eigenvalue weighted by Crippen LogP contribution is -2.13. The number of imidazole rings is 1. The molecule has 5 nitrogen and oxygen atoms in total. The zero-order chi connectivity index (χ0) is 18.7. The minimum Gasteiger partial charge on any atom is -0.421 e. The predicted octanol–water partition coefficient (Wildman–Crippen LogP) is 4.50. The Morgan fingerprint density at radius 3 is 2.65 bits per heavy atom. The van der Waals surface area contributed by atoms with Gasteiger partial charge in [-0.2, -0.15) is 0 Å². The van der Waals surface area contributed by atoms with Gasteiger partial charge in [-0.3, -0.25) is 0 Å². The number of aromatic amines is 1. The molecular weight excluding hydrogens is 338 g/mol. The summed E-state index contributed by atoms with van der Waals surface area (Å²) < 4.78 is 31.9. The van der Waals surface area contributed by atoms with Crippen LogP contribution in [0.2, 0.25) is 0 Å². The fourth-order valence-corrected chi connectivity index (χ4v) is 2.59. The van der Waals surface area contributed by atoms with Crippen LogP contribution in [0.15, 0.2) is 28.8 Å². The molecule has 0 radical (unpaired) electrons. The average molecular weight is 360 g/mol. The molecule has 0 unspecified atom stereocenters. The first-order valence-electron chi connectivity index (χ1n) is 8.67. The Labute approximate surface area is 150 Å². The van der Waals surface area contributed by atoms with Crippen molar-refractivity contribution in [1.29, 1.82) is 0 Å². The van der Waals surface area contributed by atoms with E-state index in [2.05, 4.69) is 40.9 Å². The Bertz CT molecular complexity index is 885.